The normalized spacial score (nSPS) is 12.2. The van der Waals surface area contributed by atoms with Crippen molar-refractivity contribution in [2.24, 2.45) is 5.92 Å². The molecular formula is C14H19FN2. The minimum Gasteiger partial charge on any atom is -0.383 e. The highest BCUT2D eigenvalue weighted by atomic mass is 19.1. The number of hydrogen-bond acceptors (Lipinski definition) is 2. The van der Waals surface area contributed by atoms with Crippen LogP contribution in [0.5, 0.6) is 0 Å². The van der Waals surface area contributed by atoms with Gasteiger partial charge in [-0.25, -0.2) is 4.39 Å². The zero-order chi connectivity index (χ0) is 12.8. The molecule has 0 aliphatic carbocycles. The van der Waals surface area contributed by atoms with E-state index in [-0.39, 0.29) is 5.56 Å². The molecule has 0 fully saturated rings. The number of benzene rings is 1. The van der Waals surface area contributed by atoms with E-state index in [4.69, 9.17) is 5.26 Å². The monoisotopic (exact) mass is 234 g/mol. The van der Waals surface area contributed by atoms with Crippen molar-refractivity contribution in [3.8, 4) is 6.07 Å². The third-order valence-corrected chi connectivity index (χ3v) is 2.68. The SMILES string of the molecule is CC(C)CCC(C)Nc1ccc(F)c(C#N)c1. The molecule has 1 aromatic rings. The fourth-order valence-electron chi connectivity index (χ4n) is 1.64. The van der Waals surface area contributed by atoms with Gasteiger partial charge in [-0.15, -0.1) is 0 Å². The molecule has 1 unspecified atom stereocenters. The van der Waals surface area contributed by atoms with Gasteiger partial charge >= 0.3 is 0 Å². The van der Waals surface area contributed by atoms with Crippen LogP contribution in [0.3, 0.4) is 0 Å². The third-order valence-electron chi connectivity index (χ3n) is 2.68. The van der Waals surface area contributed by atoms with E-state index in [2.05, 4.69) is 26.1 Å². The van der Waals surface area contributed by atoms with Gasteiger partial charge in [0.05, 0.1) is 5.56 Å². The molecular weight excluding hydrogens is 215 g/mol. The molecule has 1 N–H and O–H groups in total. The molecule has 0 amide bonds. The van der Waals surface area contributed by atoms with E-state index in [1.807, 2.05) is 6.07 Å². The van der Waals surface area contributed by atoms with Gasteiger partial charge in [0, 0.05) is 11.7 Å². The van der Waals surface area contributed by atoms with Gasteiger partial charge in [-0.3, -0.25) is 0 Å². The Bertz CT molecular complexity index is 407. The van der Waals surface area contributed by atoms with Gasteiger partial charge in [-0.2, -0.15) is 5.26 Å². The smallest absolute Gasteiger partial charge is 0.141 e. The summed E-state index contributed by atoms with van der Waals surface area (Å²) in [4.78, 5) is 0. The first-order valence-electron chi connectivity index (χ1n) is 5.99. The van der Waals surface area contributed by atoms with E-state index in [0.29, 0.717) is 12.0 Å². The van der Waals surface area contributed by atoms with Crippen molar-refractivity contribution in [2.75, 3.05) is 5.32 Å². The molecule has 0 saturated carbocycles. The Balaban J connectivity index is 2.60. The molecule has 0 heterocycles. The summed E-state index contributed by atoms with van der Waals surface area (Å²) in [6.07, 6.45) is 2.22. The topological polar surface area (TPSA) is 35.8 Å². The van der Waals surface area contributed by atoms with Crippen molar-refractivity contribution < 1.29 is 4.39 Å². The molecule has 0 aromatic heterocycles. The molecule has 1 atom stereocenters. The lowest BCUT2D eigenvalue weighted by atomic mass is 10.0. The van der Waals surface area contributed by atoms with E-state index in [9.17, 15) is 4.39 Å². The van der Waals surface area contributed by atoms with Crippen molar-refractivity contribution in [1.82, 2.24) is 0 Å². The quantitative estimate of drug-likeness (QED) is 0.837. The lowest BCUT2D eigenvalue weighted by Crippen LogP contribution is -2.15. The van der Waals surface area contributed by atoms with Gasteiger partial charge in [0.1, 0.15) is 11.9 Å². The second kappa shape index (κ2) is 6.24. The van der Waals surface area contributed by atoms with E-state index < -0.39 is 5.82 Å². The molecule has 0 aliphatic rings. The molecule has 2 nitrogen and oxygen atoms in total. The molecule has 1 aromatic carbocycles. The summed E-state index contributed by atoms with van der Waals surface area (Å²) in [5.74, 6) is 0.218. The Morgan fingerprint density at radius 3 is 2.59 bits per heavy atom. The molecule has 1 rings (SSSR count). The van der Waals surface area contributed by atoms with Crippen LogP contribution in [-0.2, 0) is 0 Å². The van der Waals surface area contributed by atoms with Crippen LogP contribution in [0.4, 0.5) is 10.1 Å². The zero-order valence-corrected chi connectivity index (χ0v) is 10.6. The van der Waals surface area contributed by atoms with E-state index in [0.717, 1.165) is 18.5 Å². The molecule has 0 bridgehead atoms. The number of nitrogens with zero attached hydrogens (tertiary/aromatic N) is 1. The molecule has 3 heteroatoms. The van der Waals surface area contributed by atoms with Crippen molar-refractivity contribution in [2.45, 2.75) is 39.7 Å². The Kier molecular flexibility index (Phi) is 4.96. The molecule has 17 heavy (non-hydrogen) atoms. The van der Waals surface area contributed by atoms with Crippen LogP contribution < -0.4 is 5.32 Å². The fourth-order valence-corrected chi connectivity index (χ4v) is 1.64. The van der Waals surface area contributed by atoms with E-state index >= 15 is 0 Å². The van der Waals surface area contributed by atoms with Gasteiger partial charge in [-0.05, 0) is 43.9 Å². The van der Waals surface area contributed by atoms with Crippen LogP contribution in [0.15, 0.2) is 18.2 Å². The summed E-state index contributed by atoms with van der Waals surface area (Å²) >= 11 is 0. The van der Waals surface area contributed by atoms with Crippen LogP contribution in [-0.4, -0.2) is 6.04 Å². The van der Waals surface area contributed by atoms with Crippen molar-refractivity contribution >= 4 is 5.69 Å². The highest BCUT2D eigenvalue weighted by Gasteiger charge is 2.06. The van der Waals surface area contributed by atoms with Gasteiger partial charge in [0.2, 0.25) is 0 Å². The maximum absolute atomic E-state index is 13.1. The average molecular weight is 234 g/mol. The Hall–Kier alpha value is -1.56. The van der Waals surface area contributed by atoms with Crippen molar-refractivity contribution in [1.29, 1.82) is 5.26 Å². The lowest BCUT2D eigenvalue weighted by molar-refractivity contribution is 0.527. The maximum atomic E-state index is 13.1. The minimum atomic E-state index is -0.465. The van der Waals surface area contributed by atoms with Crippen LogP contribution in [0, 0.1) is 23.1 Å². The average Bonchev–Trinajstić information content (AvgIpc) is 2.29. The second-order valence-corrected chi connectivity index (χ2v) is 4.82. The zero-order valence-electron chi connectivity index (χ0n) is 10.6. The molecule has 92 valence electrons. The first-order chi connectivity index (χ1) is 8.02. The van der Waals surface area contributed by atoms with Crippen LogP contribution >= 0.6 is 0 Å². The third kappa shape index (κ3) is 4.44. The maximum Gasteiger partial charge on any atom is 0.141 e. The van der Waals surface area contributed by atoms with Crippen molar-refractivity contribution in [3.63, 3.8) is 0 Å². The summed E-state index contributed by atoms with van der Waals surface area (Å²) in [7, 11) is 0. The summed E-state index contributed by atoms with van der Waals surface area (Å²) in [6, 6.07) is 6.73. The Morgan fingerprint density at radius 2 is 2.00 bits per heavy atom. The number of anilines is 1. The van der Waals surface area contributed by atoms with Crippen LogP contribution in [0.25, 0.3) is 0 Å². The van der Waals surface area contributed by atoms with Crippen LogP contribution in [0.2, 0.25) is 0 Å². The van der Waals surface area contributed by atoms with Gasteiger partial charge in [-0.1, -0.05) is 13.8 Å². The summed E-state index contributed by atoms with van der Waals surface area (Å²) in [6.45, 7) is 6.48. The number of nitrogens with one attached hydrogen (secondary N) is 1. The Labute approximate surface area is 102 Å². The van der Waals surface area contributed by atoms with Gasteiger partial charge in [0.25, 0.3) is 0 Å². The van der Waals surface area contributed by atoms with E-state index in [1.54, 1.807) is 12.1 Å². The predicted molar refractivity (Wildman–Crippen MR) is 68.3 cm³/mol. The largest absolute Gasteiger partial charge is 0.383 e. The first kappa shape index (κ1) is 13.5. The van der Waals surface area contributed by atoms with Gasteiger partial charge in [0.15, 0.2) is 0 Å². The minimum absolute atomic E-state index is 0.0889. The van der Waals surface area contributed by atoms with Gasteiger partial charge < -0.3 is 5.32 Å². The summed E-state index contributed by atoms with van der Waals surface area (Å²) in [5.41, 5.74) is 0.894. The summed E-state index contributed by atoms with van der Waals surface area (Å²) < 4.78 is 13.1. The number of hydrogen-bond donors (Lipinski definition) is 1. The second-order valence-electron chi connectivity index (χ2n) is 4.82. The van der Waals surface area contributed by atoms with E-state index in [1.165, 1.54) is 6.07 Å². The molecule has 0 aliphatic heterocycles. The summed E-state index contributed by atoms with van der Waals surface area (Å²) in [5, 5.41) is 12.0. The lowest BCUT2D eigenvalue weighted by Gasteiger charge is -2.16. The van der Waals surface area contributed by atoms with Crippen LogP contribution in [0.1, 0.15) is 39.2 Å². The molecule has 0 saturated heterocycles. The molecule has 0 spiro atoms. The highest BCUT2D eigenvalue weighted by molar-refractivity contribution is 5.50. The first-order valence-corrected chi connectivity index (χ1v) is 5.99. The standard InChI is InChI=1S/C14H19FN2/c1-10(2)4-5-11(3)17-13-6-7-14(15)12(8-13)9-16/h6-8,10-11,17H,4-5H2,1-3H3. The number of nitriles is 1. The number of halogens is 1. The number of rotatable bonds is 5. The van der Waals surface area contributed by atoms with Crippen molar-refractivity contribution in [3.05, 3.63) is 29.6 Å². The predicted octanol–water partition coefficient (Wildman–Crippen LogP) is 3.93. The Morgan fingerprint density at radius 1 is 1.29 bits per heavy atom. The molecule has 0 radical (unpaired) electrons. The highest BCUT2D eigenvalue weighted by Crippen LogP contribution is 2.16. The fraction of sp³-hybridized carbons (Fsp3) is 0.500.